The SMILES string of the molecule is N#Cc1cccc(C(O)C(O)CBr)c1. The summed E-state index contributed by atoms with van der Waals surface area (Å²) < 4.78 is 0. The van der Waals surface area contributed by atoms with Gasteiger partial charge >= 0.3 is 0 Å². The minimum atomic E-state index is -0.956. The third kappa shape index (κ3) is 2.55. The smallest absolute Gasteiger partial charge is 0.106 e. The van der Waals surface area contributed by atoms with Crippen LogP contribution in [0.4, 0.5) is 0 Å². The van der Waals surface area contributed by atoms with Gasteiger partial charge in [0.15, 0.2) is 0 Å². The Bertz CT molecular complexity index is 348. The van der Waals surface area contributed by atoms with E-state index in [1.807, 2.05) is 6.07 Å². The molecule has 0 radical (unpaired) electrons. The highest BCUT2D eigenvalue weighted by molar-refractivity contribution is 9.09. The van der Waals surface area contributed by atoms with Crippen molar-refractivity contribution in [1.29, 1.82) is 5.26 Å². The fraction of sp³-hybridized carbons (Fsp3) is 0.300. The molecule has 2 unspecified atom stereocenters. The molecule has 0 spiro atoms. The minimum Gasteiger partial charge on any atom is -0.389 e. The summed E-state index contributed by atoms with van der Waals surface area (Å²) in [5.41, 5.74) is 1.03. The molecule has 4 heteroatoms. The molecular weight excluding hydrogens is 246 g/mol. The zero-order chi connectivity index (χ0) is 10.6. The summed E-state index contributed by atoms with van der Waals surface area (Å²) in [5.74, 6) is 0. The molecule has 14 heavy (non-hydrogen) atoms. The fourth-order valence-electron chi connectivity index (χ4n) is 1.10. The normalized spacial score (nSPS) is 14.4. The Morgan fingerprint density at radius 2 is 2.14 bits per heavy atom. The molecule has 1 aromatic rings. The zero-order valence-corrected chi connectivity index (χ0v) is 8.98. The van der Waals surface area contributed by atoms with Crippen LogP contribution in [0.2, 0.25) is 0 Å². The minimum absolute atomic E-state index is 0.297. The van der Waals surface area contributed by atoms with Crippen molar-refractivity contribution < 1.29 is 10.2 Å². The average molecular weight is 256 g/mol. The Morgan fingerprint density at radius 1 is 1.43 bits per heavy atom. The van der Waals surface area contributed by atoms with Crippen LogP contribution in [0.25, 0.3) is 0 Å². The van der Waals surface area contributed by atoms with Crippen LogP contribution in [0.15, 0.2) is 24.3 Å². The van der Waals surface area contributed by atoms with Gasteiger partial charge in [0.05, 0.1) is 17.7 Å². The monoisotopic (exact) mass is 255 g/mol. The molecule has 1 aromatic carbocycles. The molecule has 0 heterocycles. The van der Waals surface area contributed by atoms with Gasteiger partial charge in [-0.2, -0.15) is 5.26 Å². The second kappa shape index (κ2) is 5.11. The van der Waals surface area contributed by atoms with Crippen LogP contribution in [0.5, 0.6) is 0 Å². The number of hydrogen-bond acceptors (Lipinski definition) is 3. The summed E-state index contributed by atoms with van der Waals surface area (Å²) in [6.07, 6.45) is -1.81. The largest absolute Gasteiger partial charge is 0.389 e. The molecule has 0 aliphatic rings. The van der Waals surface area contributed by atoms with Gasteiger partial charge in [-0.25, -0.2) is 0 Å². The maximum Gasteiger partial charge on any atom is 0.106 e. The van der Waals surface area contributed by atoms with Crippen molar-refractivity contribution in [3.8, 4) is 6.07 Å². The van der Waals surface area contributed by atoms with Crippen LogP contribution in [-0.2, 0) is 0 Å². The number of benzene rings is 1. The second-order valence-electron chi connectivity index (χ2n) is 2.90. The first-order chi connectivity index (χ1) is 6.69. The molecular formula is C10H10BrNO2. The maximum absolute atomic E-state index is 9.62. The third-order valence-corrected chi connectivity index (χ3v) is 2.54. The lowest BCUT2D eigenvalue weighted by molar-refractivity contribution is 0.0342. The van der Waals surface area contributed by atoms with Crippen molar-refractivity contribution in [3.63, 3.8) is 0 Å². The van der Waals surface area contributed by atoms with Gasteiger partial charge in [-0.1, -0.05) is 28.1 Å². The number of nitriles is 1. The Kier molecular flexibility index (Phi) is 4.08. The quantitative estimate of drug-likeness (QED) is 0.802. The molecule has 0 fully saturated rings. The van der Waals surface area contributed by atoms with Gasteiger partial charge in [-0.3, -0.25) is 0 Å². The summed E-state index contributed by atoms with van der Waals surface area (Å²) in [6.45, 7) is 0. The van der Waals surface area contributed by atoms with Crippen LogP contribution < -0.4 is 0 Å². The first-order valence-electron chi connectivity index (χ1n) is 4.11. The topological polar surface area (TPSA) is 64.2 Å². The summed E-state index contributed by atoms with van der Waals surface area (Å²) in [5, 5.41) is 27.9. The Morgan fingerprint density at radius 3 is 2.71 bits per heavy atom. The first kappa shape index (κ1) is 11.2. The standard InChI is InChI=1S/C10H10BrNO2/c11-5-9(13)10(14)8-3-1-2-7(4-8)6-12/h1-4,9-10,13-14H,5H2. The van der Waals surface area contributed by atoms with Gasteiger partial charge < -0.3 is 10.2 Å². The number of rotatable bonds is 3. The average Bonchev–Trinajstić information content (AvgIpc) is 2.27. The predicted octanol–water partition coefficient (Wildman–Crippen LogP) is 1.35. The lowest BCUT2D eigenvalue weighted by Crippen LogP contribution is -2.19. The summed E-state index contributed by atoms with van der Waals surface area (Å²) in [4.78, 5) is 0. The van der Waals surface area contributed by atoms with Gasteiger partial charge in [-0.05, 0) is 17.7 Å². The third-order valence-electron chi connectivity index (χ3n) is 1.88. The maximum atomic E-state index is 9.62. The summed E-state index contributed by atoms with van der Waals surface area (Å²) in [7, 11) is 0. The van der Waals surface area contributed by atoms with E-state index in [-0.39, 0.29) is 0 Å². The Hall–Kier alpha value is -0.890. The molecule has 0 amide bonds. The highest BCUT2D eigenvalue weighted by Gasteiger charge is 2.16. The lowest BCUT2D eigenvalue weighted by atomic mass is 10.0. The Labute approximate surface area is 90.7 Å². The molecule has 3 nitrogen and oxygen atoms in total. The van der Waals surface area contributed by atoms with E-state index in [4.69, 9.17) is 5.26 Å². The molecule has 0 aliphatic heterocycles. The molecule has 0 bridgehead atoms. The van der Waals surface area contributed by atoms with Gasteiger partial charge in [0.1, 0.15) is 6.10 Å². The molecule has 0 aromatic heterocycles. The highest BCUT2D eigenvalue weighted by atomic mass is 79.9. The number of aliphatic hydroxyl groups is 2. The number of aliphatic hydroxyl groups excluding tert-OH is 2. The molecule has 2 N–H and O–H groups in total. The van der Waals surface area contributed by atoms with E-state index in [1.165, 1.54) is 0 Å². The van der Waals surface area contributed by atoms with Crippen LogP contribution in [0, 0.1) is 11.3 Å². The summed E-state index contributed by atoms with van der Waals surface area (Å²) >= 11 is 3.07. The van der Waals surface area contributed by atoms with Crippen molar-refractivity contribution in [2.24, 2.45) is 0 Å². The molecule has 1 rings (SSSR count). The van der Waals surface area contributed by atoms with Crippen molar-refractivity contribution in [2.45, 2.75) is 12.2 Å². The number of nitrogens with zero attached hydrogens (tertiary/aromatic N) is 1. The van der Waals surface area contributed by atoms with Gasteiger partial charge in [0.25, 0.3) is 0 Å². The van der Waals surface area contributed by atoms with Gasteiger partial charge in [0.2, 0.25) is 0 Å². The van der Waals surface area contributed by atoms with E-state index in [9.17, 15) is 10.2 Å². The number of halogens is 1. The number of hydrogen-bond donors (Lipinski definition) is 2. The second-order valence-corrected chi connectivity index (χ2v) is 3.55. The van der Waals surface area contributed by atoms with Crippen LogP contribution in [-0.4, -0.2) is 21.6 Å². The molecule has 0 aliphatic carbocycles. The van der Waals surface area contributed by atoms with E-state index >= 15 is 0 Å². The molecule has 74 valence electrons. The van der Waals surface area contributed by atoms with E-state index < -0.39 is 12.2 Å². The van der Waals surface area contributed by atoms with Gasteiger partial charge in [-0.15, -0.1) is 0 Å². The van der Waals surface area contributed by atoms with Crippen molar-refractivity contribution in [3.05, 3.63) is 35.4 Å². The van der Waals surface area contributed by atoms with E-state index in [1.54, 1.807) is 24.3 Å². The van der Waals surface area contributed by atoms with E-state index in [0.29, 0.717) is 16.5 Å². The first-order valence-corrected chi connectivity index (χ1v) is 5.23. The van der Waals surface area contributed by atoms with Crippen LogP contribution in [0.1, 0.15) is 17.2 Å². The molecule has 0 saturated carbocycles. The van der Waals surface area contributed by atoms with Crippen molar-refractivity contribution >= 4 is 15.9 Å². The van der Waals surface area contributed by atoms with Gasteiger partial charge in [0, 0.05) is 5.33 Å². The summed E-state index contributed by atoms with van der Waals surface area (Å²) in [6, 6.07) is 8.55. The van der Waals surface area contributed by atoms with E-state index in [2.05, 4.69) is 15.9 Å². The fourth-order valence-corrected chi connectivity index (χ4v) is 1.45. The lowest BCUT2D eigenvalue weighted by Gasteiger charge is -2.15. The molecule has 0 saturated heterocycles. The van der Waals surface area contributed by atoms with Crippen LogP contribution in [0.3, 0.4) is 0 Å². The Balaban J connectivity index is 2.91. The van der Waals surface area contributed by atoms with Crippen molar-refractivity contribution in [1.82, 2.24) is 0 Å². The predicted molar refractivity (Wildman–Crippen MR) is 55.9 cm³/mol. The zero-order valence-electron chi connectivity index (χ0n) is 7.39. The molecule has 2 atom stereocenters. The van der Waals surface area contributed by atoms with E-state index in [0.717, 1.165) is 0 Å². The highest BCUT2D eigenvalue weighted by Crippen LogP contribution is 2.18. The van der Waals surface area contributed by atoms with Crippen molar-refractivity contribution in [2.75, 3.05) is 5.33 Å². The van der Waals surface area contributed by atoms with Crippen LogP contribution >= 0.6 is 15.9 Å². The number of alkyl halides is 1.